The zero-order valence-corrected chi connectivity index (χ0v) is 9.13. The van der Waals surface area contributed by atoms with E-state index in [-0.39, 0.29) is 11.8 Å². The van der Waals surface area contributed by atoms with Gasteiger partial charge in [-0.05, 0) is 25.0 Å². The van der Waals surface area contributed by atoms with Gasteiger partial charge >= 0.3 is 0 Å². The van der Waals surface area contributed by atoms with E-state index in [1.54, 1.807) is 25.4 Å². The highest BCUT2D eigenvalue weighted by molar-refractivity contribution is 5.81. The molecule has 0 saturated heterocycles. The van der Waals surface area contributed by atoms with Crippen molar-refractivity contribution in [1.29, 1.82) is 5.26 Å². The Morgan fingerprint density at radius 3 is 2.88 bits per heavy atom. The third-order valence-corrected chi connectivity index (χ3v) is 2.75. The van der Waals surface area contributed by atoms with Gasteiger partial charge in [0, 0.05) is 19.2 Å². The van der Waals surface area contributed by atoms with Gasteiger partial charge in [0.1, 0.15) is 0 Å². The van der Waals surface area contributed by atoms with E-state index in [1.807, 2.05) is 6.07 Å². The fraction of sp³-hybridized carbons (Fsp3) is 0.417. The molecule has 1 aliphatic carbocycles. The lowest BCUT2D eigenvalue weighted by Gasteiger charge is -2.22. The van der Waals surface area contributed by atoms with E-state index in [9.17, 15) is 4.79 Å². The van der Waals surface area contributed by atoms with Crippen LogP contribution in [0.25, 0.3) is 0 Å². The molecule has 2 rings (SSSR count). The van der Waals surface area contributed by atoms with Gasteiger partial charge in [0.2, 0.25) is 5.91 Å². The fourth-order valence-electron chi connectivity index (χ4n) is 1.63. The summed E-state index contributed by atoms with van der Waals surface area (Å²) in [6, 6.07) is 6.93. The van der Waals surface area contributed by atoms with Gasteiger partial charge in [-0.2, -0.15) is 5.26 Å². The van der Waals surface area contributed by atoms with E-state index in [2.05, 4.69) is 11.1 Å². The lowest BCUT2D eigenvalue weighted by molar-refractivity contribution is -0.132. The van der Waals surface area contributed by atoms with Crippen LogP contribution in [0, 0.1) is 17.2 Å². The molecule has 1 unspecified atom stereocenters. The van der Waals surface area contributed by atoms with Crippen molar-refractivity contribution in [3.05, 3.63) is 30.1 Å². The molecule has 0 aromatic carbocycles. The number of aromatic nitrogens is 1. The first-order chi connectivity index (χ1) is 7.74. The Balaban J connectivity index is 2.16. The quantitative estimate of drug-likeness (QED) is 0.768. The SMILES string of the molecule is CN(C(=O)C1CC1)C(C#N)c1ccccn1. The summed E-state index contributed by atoms with van der Waals surface area (Å²) in [6.07, 6.45) is 3.53. The monoisotopic (exact) mass is 215 g/mol. The van der Waals surface area contributed by atoms with Gasteiger partial charge in [-0.3, -0.25) is 9.78 Å². The summed E-state index contributed by atoms with van der Waals surface area (Å²) in [7, 11) is 1.67. The van der Waals surface area contributed by atoms with Gasteiger partial charge in [-0.15, -0.1) is 0 Å². The highest BCUT2D eigenvalue weighted by Gasteiger charge is 2.35. The molecule has 1 amide bonds. The standard InChI is InChI=1S/C12H13N3O/c1-15(12(16)9-5-6-9)11(8-13)10-4-2-3-7-14-10/h2-4,7,9,11H,5-6H2,1H3. The first kappa shape index (κ1) is 10.6. The Hall–Kier alpha value is -1.89. The van der Waals surface area contributed by atoms with Crippen molar-refractivity contribution in [3.63, 3.8) is 0 Å². The molecule has 4 heteroatoms. The average Bonchev–Trinajstić information content (AvgIpc) is 3.14. The lowest BCUT2D eigenvalue weighted by Crippen LogP contribution is -2.32. The molecule has 0 bridgehead atoms. The number of hydrogen-bond acceptors (Lipinski definition) is 3. The topological polar surface area (TPSA) is 57.0 Å². The molecule has 0 spiro atoms. The number of nitriles is 1. The number of nitrogens with zero attached hydrogens (tertiary/aromatic N) is 3. The van der Waals surface area contributed by atoms with Crippen LogP contribution in [0.4, 0.5) is 0 Å². The zero-order chi connectivity index (χ0) is 11.5. The van der Waals surface area contributed by atoms with Crippen LogP contribution in [0.2, 0.25) is 0 Å². The fourth-order valence-corrected chi connectivity index (χ4v) is 1.63. The largest absolute Gasteiger partial charge is 0.324 e. The third-order valence-electron chi connectivity index (χ3n) is 2.75. The van der Waals surface area contributed by atoms with Crippen molar-refractivity contribution in [1.82, 2.24) is 9.88 Å². The molecule has 0 aliphatic heterocycles. The number of amides is 1. The van der Waals surface area contributed by atoms with Crippen LogP contribution in [0.5, 0.6) is 0 Å². The molecule has 82 valence electrons. The van der Waals surface area contributed by atoms with Crippen LogP contribution in [0.1, 0.15) is 24.6 Å². The van der Waals surface area contributed by atoms with Crippen molar-refractivity contribution >= 4 is 5.91 Å². The second kappa shape index (κ2) is 4.31. The van der Waals surface area contributed by atoms with Crippen LogP contribution in [-0.4, -0.2) is 22.8 Å². The van der Waals surface area contributed by atoms with Crippen molar-refractivity contribution in [2.45, 2.75) is 18.9 Å². The Labute approximate surface area is 94.5 Å². The normalized spacial score (nSPS) is 16.2. The van der Waals surface area contributed by atoms with Gasteiger partial charge in [0.05, 0.1) is 11.8 Å². The molecule has 1 saturated carbocycles. The van der Waals surface area contributed by atoms with E-state index in [0.29, 0.717) is 5.69 Å². The first-order valence-electron chi connectivity index (χ1n) is 5.31. The minimum absolute atomic E-state index is 0.0530. The summed E-state index contributed by atoms with van der Waals surface area (Å²) in [4.78, 5) is 17.4. The maximum atomic E-state index is 11.8. The van der Waals surface area contributed by atoms with Crippen LogP contribution >= 0.6 is 0 Å². The van der Waals surface area contributed by atoms with E-state index in [0.717, 1.165) is 12.8 Å². The minimum Gasteiger partial charge on any atom is -0.324 e. The summed E-state index contributed by atoms with van der Waals surface area (Å²) < 4.78 is 0. The number of carbonyl (C=O) groups excluding carboxylic acids is 1. The highest BCUT2D eigenvalue weighted by Crippen LogP contribution is 2.32. The van der Waals surface area contributed by atoms with Gasteiger partial charge in [0.15, 0.2) is 6.04 Å². The summed E-state index contributed by atoms with van der Waals surface area (Å²) in [5.74, 6) is 0.182. The lowest BCUT2D eigenvalue weighted by atomic mass is 10.1. The molecule has 1 atom stereocenters. The van der Waals surface area contributed by atoms with Gasteiger partial charge < -0.3 is 4.90 Å². The number of hydrogen-bond donors (Lipinski definition) is 0. The van der Waals surface area contributed by atoms with Crippen molar-refractivity contribution in [2.75, 3.05) is 7.05 Å². The van der Waals surface area contributed by atoms with Gasteiger partial charge in [0.25, 0.3) is 0 Å². The molecule has 4 nitrogen and oxygen atoms in total. The molecule has 1 aromatic heterocycles. The average molecular weight is 215 g/mol. The summed E-state index contributed by atoms with van der Waals surface area (Å²) in [6.45, 7) is 0. The number of pyridine rings is 1. The van der Waals surface area contributed by atoms with E-state index < -0.39 is 6.04 Å². The van der Waals surface area contributed by atoms with E-state index in [4.69, 9.17) is 5.26 Å². The summed E-state index contributed by atoms with van der Waals surface area (Å²) in [5, 5.41) is 9.12. The van der Waals surface area contributed by atoms with Crippen molar-refractivity contribution < 1.29 is 4.79 Å². The smallest absolute Gasteiger partial charge is 0.226 e. The predicted octanol–water partition coefficient (Wildman–Crippen LogP) is 1.51. The Bertz CT molecular complexity index is 420. The zero-order valence-electron chi connectivity index (χ0n) is 9.13. The first-order valence-corrected chi connectivity index (χ1v) is 5.31. The van der Waals surface area contributed by atoms with Crippen LogP contribution in [0.3, 0.4) is 0 Å². The molecule has 0 N–H and O–H groups in total. The molecular weight excluding hydrogens is 202 g/mol. The Morgan fingerprint density at radius 1 is 1.62 bits per heavy atom. The third kappa shape index (κ3) is 2.03. The van der Waals surface area contributed by atoms with Crippen LogP contribution in [0.15, 0.2) is 24.4 Å². The Morgan fingerprint density at radius 2 is 2.38 bits per heavy atom. The van der Waals surface area contributed by atoms with Gasteiger partial charge in [-0.1, -0.05) is 6.07 Å². The molecular formula is C12H13N3O. The van der Waals surface area contributed by atoms with Crippen molar-refractivity contribution in [3.8, 4) is 6.07 Å². The number of carbonyl (C=O) groups is 1. The molecule has 1 heterocycles. The predicted molar refractivity (Wildman–Crippen MR) is 58.1 cm³/mol. The molecule has 1 fully saturated rings. The Kier molecular flexibility index (Phi) is 2.86. The maximum Gasteiger partial charge on any atom is 0.226 e. The molecule has 16 heavy (non-hydrogen) atoms. The second-order valence-corrected chi connectivity index (χ2v) is 4.01. The molecule has 0 radical (unpaired) electrons. The second-order valence-electron chi connectivity index (χ2n) is 4.01. The van der Waals surface area contributed by atoms with E-state index in [1.165, 1.54) is 4.90 Å². The minimum atomic E-state index is -0.575. The van der Waals surface area contributed by atoms with Crippen molar-refractivity contribution in [2.24, 2.45) is 5.92 Å². The van der Waals surface area contributed by atoms with Crippen LogP contribution in [-0.2, 0) is 4.79 Å². The number of rotatable bonds is 3. The maximum absolute atomic E-state index is 11.8. The van der Waals surface area contributed by atoms with Gasteiger partial charge in [-0.25, -0.2) is 0 Å². The molecule has 1 aromatic rings. The molecule has 1 aliphatic rings. The summed E-state index contributed by atoms with van der Waals surface area (Å²) >= 11 is 0. The highest BCUT2D eigenvalue weighted by atomic mass is 16.2. The van der Waals surface area contributed by atoms with E-state index >= 15 is 0 Å². The van der Waals surface area contributed by atoms with Crippen LogP contribution < -0.4 is 0 Å². The summed E-state index contributed by atoms with van der Waals surface area (Å²) in [5.41, 5.74) is 0.626.